The monoisotopic (exact) mass is 301 g/mol. The minimum absolute atomic E-state index is 0.182. The van der Waals surface area contributed by atoms with Crippen molar-refractivity contribution in [2.45, 2.75) is 45.6 Å². The Morgan fingerprint density at radius 1 is 1.41 bits per heavy atom. The van der Waals surface area contributed by atoms with E-state index in [9.17, 15) is 4.39 Å². The van der Waals surface area contributed by atoms with Gasteiger partial charge in [0.2, 0.25) is 0 Å². The van der Waals surface area contributed by atoms with Gasteiger partial charge in [0, 0.05) is 10.5 Å². The lowest BCUT2D eigenvalue weighted by Crippen LogP contribution is -2.26. The third-order valence-electron chi connectivity index (χ3n) is 2.84. The summed E-state index contributed by atoms with van der Waals surface area (Å²) in [5.74, 6) is -0.182. The van der Waals surface area contributed by atoms with Crippen molar-refractivity contribution in [2.24, 2.45) is 0 Å². The molecule has 1 N–H and O–H groups in total. The van der Waals surface area contributed by atoms with E-state index in [1.807, 2.05) is 6.07 Å². The molecule has 1 atom stereocenters. The molecule has 1 aromatic rings. The molecular weight excluding hydrogens is 281 g/mol. The maximum atomic E-state index is 12.9. The maximum Gasteiger partial charge on any atom is 0.124 e. The van der Waals surface area contributed by atoms with Crippen molar-refractivity contribution in [1.82, 2.24) is 5.32 Å². The topological polar surface area (TPSA) is 12.0 Å². The summed E-state index contributed by atoms with van der Waals surface area (Å²) in [5.41, 5.74) is 1.19. The van der Waals surface area contributed by atoms with Gasteiger partial charge in [0.1, 0.15) is 5.82 Å². The first-order valence-electron chi connectivity index (χ1n) is 6.30. The Bertz CT molecular complexity index is 341. The van der Waals surface area contributed by atoms with E-state index in [-0.39, 0.29) is 5.82 Å². The highest BCUT2D eigenvalue weighted by Crippen LogP contribution is 2.20. The number of hydrogen-bond donors (Lipinski definition) is 1. The van der Waals surface area contributed by atoms with Gasteiger partial charge in [-0.05, 0) is 56.8 Å². The molecule has 96 valence electrons. The third-order valence-corrected chi connectivity index (χ3v) is 3.58. The summed E-state index contributed by atoms with van der Waals surface area (Å²) in [4.78, 5) is 0. The van der Waals surface area contributed by atoms with Crippen LogP contribution in [-0.2, 0) is 6.42 Å². The second kappa shape index (κ2) is 7.83. The van der Waals surface area contributed by atoms with Gasteiger partial charge >= 0.3 is 0 Å². The number of rotatable bonds is 7. The van der Waals surface area contributed by atoms with Gasteiger partial charge in [0.15, 0.2) is 0 Å². The standard InChI is InChI=1S/C14H21BrFN/c1-3-9-17-11(2)5-4-6-12-7-8-13(16)10-14(12)15/h7-8,10-11,17H,3-6,9H2,1-2H3. The number of hydrogen-bond acceptors (Lipinski definition) is 1. The number of benzene rings is 1. The van der Waals surface area contributed by atoms with Crippen LogP contribution in [0.2, 0.25) is 0 Å². The predicted octanol–water partition coefficient (Wildman–Crippen LogP) is 4.30. The van der Waals surface area contributed by atoms with Gasteiger partial charge in [0.25, 0.3) is 0 Å². The molecule has 0 fully saturated rings. The van der Waals surface area contributed by atoms with Crippen molar-refractivity contribution in [3.63, 3.8) is 0 Å². The van der Waals surface area contributed by atoms with Crippen LogP contribution in [0.3, 0.4) is 0 Å². The van der Waals surface area contributed by atoms with Crippen LogP contribution in [0.25, 0.3) is 0 Å². The first-order valence-corrected chi connectivity index (χ1v) is 7.10. The lowest BCUT2D eigenvalue weighted by molar-refractivity contribution is 0.498. The van der Waals surface area contributed by atoms with E-state index in [1.54, 1.807) is 0 Å². The molecule has 0 aromatic heterocycles. The van der Waals surface area contributed by atoms with Crippen molar-refractivity contribution in [2.75, 3.05) is 6.54 Å². The summed E-state index contributed by atoms with van der Waals surface area (Å²) >= 11 is 3.40. The summed E-state index contributed by atoms with van der Waals surface area (Å²) in [6.07, 6.45) is 4.46. The van der Waals surface area contributed by atoms with Crippen LogP contribution in [0.5, 0.6) is 0 Å². The van der Waals surface area contributed by atoms with E-state index in [0.29, 0.717) is 6.04 Å². The van der Waals surface area contributed by atoms with Crippen LogP contribution >= 0.6 is 15.9 Å². The molecule has 1 aromatic carbocycles. The molecular formula is C14H21BrFN. The lowest BCUT2D eigenvalue weighted by Gasteiger charge is -2.13. The van der Waals surface area contributed by atoms with Crippen LogP contribution in [0.1, 0.15) is 38.7 Å². The molecule has 17 heavy (non-hydrogen) atoms. The normalized spacial score (nSPS) is 12.7. The van der Waals surface area contributed by atoms with E-state index in [4.69, 9.17) is 0 Å². The Balaban J connectivity index is 2.30. The number of halogens is 2. The Hall–Kier alpha value is -0.410. The molecule has 0 bridgehead atoms. The highest BCUT2D eigenvalue weighted by molar-refractivity contribution is 9.10. The Morgan fingerprint density at radius 3 is 2.82 bits per heavy atom. The van der Waals surface area contributed by atoms with Gasteiger partial charge < -0.3 is 5.32 Å². The largest absolute Gasteiger partial charge is 0.314 e. The number of nitrogens with one attached hydrogen (secondary N) is 1. The zero-order valence-corrected chi connectivity index (χ0v) is 12.2. The Morgan fingerprint density at radius 2 is 2.18 bits per heavy atom. The molecule has 0 saturated heterocycles. The molecule has 0 spiro atoms. The van der Waals surface area contributed by atoms with Crippen molar-refractivity contribution in [3.8, 4) is 0 Å². The minimum Gasteiger partial charge on any atom is -0.314 e. The summed E-state index contributed by atoms with van der Waals surface area (Å²) in [7, 11) is 0. The average Bonchev–Trinajstić information content (AvgIpc) is 2.29. The SMILES string of the molecule is CCCNC(C)CCCc1ccc(F)cc1Br. The summed E-state index contributed by atoms with van der Waals surface area (Å²) in [6, 6.07) is 5.49. The average molecular weight is 302 g/mol. The van der Waals surface area contributed by atoms with E-state index < -0.39 is 0 Å². The highest BCUT2D eigenvalue weighted by Gasteiger charge is 2.04. The zero-order chi connectivity index (χ0) is 12.7. The van der Waals surface area contributed by atoms with Crippen molar-refractivity contribution >= 4 is 15.9 Å². The molecule has 0 radical (unpaired) electrons. The molecule has 0 aliphatic rings. The smallest absolute Gasteiger partial charge is 0.124 e. The molecule has 0 heterocycles. The van der Waals surface area contributed by atoms with Gasteiger partial charge in [-0.3, -0.25) is 0 Å². The summed E-state index contributed by atoms with van der Waals surface area (Å²) in [6.45, 7) is 5.48. The van der Waals surface area contributed by atoms with Crippen molar-refractivity contribution in [1.29, 1.82) is 0 Å². The highest BCUT2D eigenvalue weighted by atomic mass is 79.9. The summed E-state index contributed by atoms with van der Waals surface area (Å²) < 4.78 is 13.8. The molecule has 0 amide bonds. The van der Waals surface area contributed by atoms with Crippen LogP contribution in [0, 0.1) is 5.82 Å². The van der Waals surface area contributed by atoms with Crippen LogP contribution in [0.15, 0.2) is 22.7 Å². The van der Waals surface area contributed by atoms with E-state index >= 15 is 0 Å². The second-order valence-corrected chi connectivity index (χ2v) is 5.34. The second-order valence-electron chi connectivity index (χ2n) is 4.48. The summed E-state index contributed by atoms with van der Waals surface area (Å²) in [5, 5.41) is 3.47. The van der Waals surface area contributed by atoms with E-state index in [2.05, 4.69) is 35.1 Å². The fourth-order valence-corrected chi connectivity index (χ4v) is 2.37. The van der Waals surface area contributed by atoms with Crippen LogP contribution in [-0.4, -0.2) is 12.6 Å². The fourth-order valence-electron chi connectivity index (χ4n) is 1.82. The van der Waals surface area contributed by atoms with Gasteiger partial charge in [-0.15, -0.1) is 0 Å². The van der Waals surface area contributed by atoms with Gasteiger partial charge in [0.05, 0.1) is 0 Å². The third kappa shape index (κ3) is 5.64. The fraction of sp³-hybridized carbons (Fsp3) is 0.571. The predicted molar refractivity (Wildman–Crippen MR) is 74.8 cm³/mol. The molecule has 0 aliphatic carbocycles. The van der Waals surface area contributed by atoms with E-state index in [1.165, 1.54) is 24.1 Å². The molecule has 1 rings (SSSR count). The molecule has 0 aliphatic heterocycles. The first-order chi connectivity index (χ1) is 8.13. The van der Waals surface area contributed by atoms with Crippen LogP contribution < -0.4 is 5.32 Å². The number of aryl methyl sites for hydroxylation is 1. The molecule has 3 heteroatoms. The van der Waals surface area contributed by atoms with Crippen molar-refractivity contribution in [3.05, 3.63) is 34.1 Å². The zero-order valence-electron chi connectivity index (χ0n) is 10.6. The molecule has 1 unspecified atom stereocenters. The van der Waals surface area contributed by atoms with Gasteiger partial charge in [-0.2, -0.15) is 0 Å². The maximum absolute atomic E-state index is 12.9. The first kappa shape index (κ1) is 14.7. The molecule has 1 nitrogen and oxygen atoms in total. The minimum atomic E-state index is -0.182. The van der Waals surface area contributed by atoms with E-state index in [0.717, 1.165) is 30.3 Å². The Kier molecular flexibility index (Phi) is 6.75. The lowest BCUT2D eigenvalue weighted by atomic mass is 10.1. The van der Waals surface area contributed by atoms with Gasteiger partial charge in [-0.25, -0.2) is 4.39 Å². The molecule has 0 saturated carbocycles. The van der Waals surface area contributed by atoms with Crippen LogP contribution in [0.4, 0.5) is 4.39 Å². The Labute approximate surface area is 112 Å². The van der Waals surface area contributed by atoms with Gasteiger partial charge in [-0.1, -0.05) is 28.9 Å². The quantitative estimate of drug-likeness (QED) is 0.792. The van der Waals surface area contributed by atoms with Crippen molar-refractivity contribution < 1.29 is 4.39 Å².